The summed E-state index contributed by atoms with van der Waals surface area (Å²) in [4.78, 5) is 31.2. The lowest BCUT2D eigenvalue weighted by atomic mass is 10.1. The number of amides is 2. The first-order valence-corrected chi connectivity index (χ1v) is 10.1. The van der Waals surface area contributed by atoms with Crippen molar-refractivity contribution in [2.75, 3.05) is 0 Å². The number of carbonyl (C=O) groups excluding carboxylic acids is 2. The van der Waals surface area contributed by atoms with Crippen molar-refractivity contribution in [2.45, 2.75) is 19.3 Å². The van der Waals surface area contributed by atoms with Crippen LogP contribution in [0.5, 0.6) is 0 Å². The summed E-state index contributed by atoms with van der Waals surface area (Å²) in [6, 6.07) is 13.5. The lowest BCUT2D eigenvalue weighted by molar-refractivity contribution is 0.0849. The Morgan fingerprint density at radius 3 is 2.69 bits per heavy atom. The molecule has 1 aliphatic rings. The molecule has 1 aliphatic carbocycles. The van der Waals surface area contributed by atoms with E-state index in [4.69, 9.17) is 0 Å². The second-order valence-electron chi connectivity index (χ2n) is 6.81. The van der Waals surface area contributed by atoms with Crippen molar-refractivity contribution in [3.05, 3.63) is 75.7 Å². The van der Waals surface area contributed by atoms with Gasteiger partial charge < -0.3 is 0 Å². The molecule has 2 N–H and O–H groups in total. The third-order valence-corrected chi connectivity index (χ3v) is 6.21. The Hall–Kier alpha value is -3.52. The molecule has 0 aliphatic heterocycles. The summed E-state index contributed by atoms with van der Waals surface area (Å²) < 4.78 is 1.62. The van der Waals surface area contributed by atoms with Crippen LogP contribution in [0.15, 0.2) is 54.9 Å². The predicted molar refractivity (Wildman–Crippen MR) is 110 cm³/mol. The molecule has 0 bridgehead atoms. The number of fused-ring (bicyclic) bond motifs is 2. The number of hydrazine groups is 1. The number of hydrogen-bond acceptors (Lipinski definition) is 5. The Balaban J connectivity index is 1.35. The fourth-order valence-corrected chi connectivity index (χ4v) is 4.71. The number of aryl methyl sites for hydroxylation is 2. The van der Waals surface area contributed by atoms with Crippen molar-refractivity contribution in [3.8, 4) is 11.3 Å². The van der Waals surface area contributed by atoms with E-state index in [0.717, 1.165) is 30.5 Å². The van der Waals surface area contributed by atoms with Crippen molar-refractivity contribution >= 4 is 28.8 Å². The molecule has 29 heavy (non-hydrogen) atoms. The van der Waals surface area contributed by atoms with Gasteiger partial charge >= 0.3 is 0 Å². The molecule has 2 amide bonds. The van der Waals surface area contributed by atoms with Crippen LogP contribution in [0.25, 0.3) is 16.9 Å². The van der Waals surface area contributed by atoms with Crippen LogP contribution in [0.4, 0.5) is 0 Å². The second kappa shape index (κ2) is 7.14. The summed E-state index contributed by atoms with van der Waals surface area (Å²) in [7, 11) is 0. The number of thiophene rings is 1. The van der Waals surface area contributed by atoms with E-state index in [2.05, 4.69) is 20.9 Å². The molecule has 7 nitrogen and oxygen atoms in total. The first-order valence-electron chi connectivity index (χ1n) is 9.31. The van der Waals surface area contributed by atoms with E-state index >= 15 is 0 Å². The van der Waals surface area contributed by atoms with Crippen LogP contribution >= 0.6 is 11.3 Å². The average molecular weight is 403 g/mol. The SMILES string of the molecule is O=C(NNC(=O)c1cnn2c(-c3ccccc3)ccnc12)c1cc2c(s1)CCC2. The van der Waals surface area contributed by atoms with Gasteiger partial charge in [-0.05, 0) is 37.0 Å². The molecule has 3 heterocycles. The smallest absolute Gasteiger partial charge is 0.267 e. The number of nitrogens with zero attached hydrogens (tertiary/aromatic N) is 3. The van der Waals surface area contributed by atoms with Gasteiger partial charge in [0.1, 0.15) is 5.56 Å². The molecule has 0 fully saturated rings. The largest absolute Gasteiger partial charge is 0.279 e. The van der Waals surface area contributed by atoms with Crippen LogP contribution in [0.3, 0.4) is 0 Å². The number of hydrogen-bond donors (Lipinski definition) is 2. The molecule has 0 unspecified atom stereocenters. The first-order chi connectivity index (χ1) is 14.2. The fraction of sp³-hybridized carbons (Fsp3) is 0.143. The van der Waals surface area contributed by atoms with Crippen molar-refractivity contribution in [1.29, 1.82) is 0 Å². The molecular formula is C21H17N5O2S. The van der Waals surface area contributed by atoms with Crippen molar-refractivity contribution in [2.24, 2.45) is 0 Å². The van der Waals surface area contributed by atoms with Gasteiger partial charge in [-0.3, -0.25) is 20.4 Å². The Labute approximate surface area is 170 Å². The van der Waals surface area contributed by atoms with E-state index in [1.165, 1.54) is 28.0 Å². The molecule has 144 valence electrons. The number of rotatable bonds is 3. The van der Waals surface area contributed by atoms with E-state index in [0.29, 0.717) is 10.5 Å². The molecule has 0 spiro atoms. The minimum absolute atomic E-state index is 0.289. The fourth-order valence-electron chi connectivity index (χ4n) is 3.56. The van der Waals surface area contributed by atoms with E-state index in [1.54, 1.807) is 10.7 Å². The summed E-state index contributed by atoms with van der Waals surface area (Å²) in [5.41, 5.74) is 8.72. The van der Waals surface area contributed by atoms with Gasteiger partial charge in [0.25, 0.3) is 11.8 Å². The highest BCUT2D eigenvalue weighted by atomic mass is 32.1. The van der Waals surface area contributed by atoms with E-state index in [-0.39, 0.29) is 11.5 Å². The van der Waals surface area contributed by atoms with Crippen LogP contribution < -0.4 is 10.9 Å². The summed E-state index contributed by atoms with van der Waals surface area (Å²) in [5, 5.41) is 4.32. The summed E-state index contributed by atoms with van der Waals surface area (Å²) >= 11 is 1.49. The first kappa shape index (κ1) is 17.6. The number of aromatic nitrogens is 3. The standard InChI is InChI=1S/C21H17N5O2S/c27-20(24-25-21(28)18-11-14-7-4-8-17(14)29-18)15-12-23-26-16(9-10-22-19(15)26)13-5-2-1-3-6-13/h1-3,5-6,9-12H,4,7-8H2,(H,24,27)(H,25,28). The zero-order valence-electron chi connectivity index (χ0n) is 15.4. The van der Waals surface area contributed by atoms with Crippen LogP contribution in [0.1, 0.15) is 36.9 Å². The maximum atomic E-state index is 12.6. The van der Waals surface area contributed by atoms with Gasteiger partial charge in [0.15, 0.2) is 5.65 Å². The summed E-state index contributed by atoms with van der Waals surface area (Å²) in [6.45, 7) is 0. The quantitative estimate of drug-likeness (QED) is 0.515. The zero-order valence-corrected chi connectivity index (χ0v) is 16.2. The molecule has 8 heteroatoms. The Morgan fingerprint density at radius 1 is 1.03 bits per heavy atom. The van der Waals surface area contributed by atoms with Gasteiger partial charge in [-0.2, -0.15) is 5.10 Å². The molecule has 1 aromatic carbocycles. The minimum atomic E-state index is -0.463. The Morgan fingerprint density at radius 2 is 1.86 bits per heavy atom. The Bertz CT molecular complexity index is 1210. The van der Waals surface area contributed by atoms with E-state index in [1.807, 2.05) is 42.5 Å². The van der Waals surface area contributed by atoms with Crippen LogP contribution in [-0.2, 0) is 12.8 Å². The highest BCUT2D eigenvalue weighted by Gasteiger charge is 2.20. The maximum absolute atomic E-state index is 12.6. The molecule has 5 rings (SSSR count). The van der Waals surface area contributed by atoms with Gasteiger partial charge in [-0.25, -0.2) is 9.50 Å². The van der Waals surface area contributed by atoms with E-state index < -0.39 is 5.91 Å². The maximum Gasteiger partial charge on any atom is 0.279 e. The topological polar surface area (TPSA) is 88.4 Å². The van der Waals surface area contributed by atoms with Crippen molar-refractivity contribution < 1.29 is 9.59 Å². The van der Waals surface area contributed by atoms with Crippen LogP contribution in [0, 0.1) is 0 Å². The number of benzene rings is 1. The molecular weight excluding hydrogens is 386 g/mol. The monoisotopic (exact) mass is 403 g/mol. The highest BCUT2D eigenvalue weighted by molar-refractivity contribution is 7.14. The molecule has 0 atom stereocenters. The second-order valence-corrected chi connectivity index (χ2v) is 7.95. The zero-order chi connectivity index (χ0) is 19.8. The molecule has 0 radical (unpaired) electrons. The molecule has 0 saturated carbocycles. The van der Waals surface area contributed by atoms with Gasteiger partial charge in [0.2, 0.25) is 0 Å². The van der Waals surface area contributed by atoms with E-state index in [9.17, 15) is 9.59 Å². The van der Waals surface area contributed by atoms with Gasteiger partial charge in [-0.1, -0.05) is 30.3 Å². The molecule has 4 aromatic rings. The summed E-state index contributed by atoms with van der Waals surface area (Å²) in [5.74, 6) is -0.776. The lowest BCUT2D eigenvalue weighted by Gasteiger charge is -2.06. The molecule has 0 saturated heterocycles. The van der Waals surface area contributed by atoms with Gasteiger partial charge in [-0.15, -0.1) is 11.3 Å². The number of nitrogens with one attached hydrogen (secondary N) is 2. The third-order valence-electron chi connectivity index (χ3n) is 4.98. The predicted octanol–water partition coefficient (Wildman–Crippen LogP) is 3.02. The highest BCUT2D eigenvalue weighted by Crippen LogP contribution is 2.30. The van der Waals surface area contributed by atoms with Crippen molar-refractivity contribution in [3.63, 3.8) is 0 Å². The van der Waals surface area contributed by atoms with Gasteiger partial charge in [0, 0.05) is 16.6 Å². The lowest BCUT2D eigenvalue weighted by Crippen LogP contribution is -2.41. The summed E-state index contributed by atoms with van der Waals surface area (Å²) in [6.07, 6.45) is 6.28. The minimum Gasteiger partial charge on any atom is -0.267 e. The molecule has 3 aromatic heterocycles. The third kappa shape index (κ3) is 3.17. The Kier molecular flexibility index (Phi) is 4.33. The average Bonchev–Trinajstić information content (AvgIpc) is 3.46. The van der Waals surface area contributed by atoms with Gasteiger partial charge in [0.05, 0.1) is 16.8 Å². The number of carbonyl (C=O) groups is 2. The van der Waals surface area contributed by atoms with Crippen LogP contribution in [0.2, 0.25) is 0 Å². The van der Waals surface area contributed by atoms with Crippen molar-refractivity contribution in [1.82, 2.24) is 25.4 Å². The normalized spacial score (nSPS) is 12.7. The van der Waals surface area contributed by atoms with Crippen LogP contribution in [-0.4, -0.2) is 26.4 Å².